The molecule has 1 aliphatic rings. The van der Waals surface area contributed by atoms with Gasteiger partial charge in [0.2, 0.25) is 5.91 Å². The molecule has 1 aliphatic carbocycles. The first-order valence-electron chi connectivity index (χ1n) is 11.0. The summed E-state index contributed by atoms with van der Waals surface area (Å²) in [6.07, 6.45) is 10.3. The summed E-state index contributed by atoms with van der Waals surface area (Å²) in [7, 11) is 0. The van der Waals surface area contributed by atoms with Crippen molar-refractivity contribution in [2.75, 3.05) is 6.61 Å². The van der Waals surface area contributed by atoms with Crippen LogP contribution in [0, 0.1) is 17.2 Å². The Kier molecular flexibility index (Phi) is 9.14. The van der Waals surface area contributed by atoms with Crippen LogP contribution in [0.25, 0.3) is 0 Å². The average molecular weight is 436 g/mol. The topological polar surface area (TPSA) is 117 Å². The van der Waals surface area contributed by atoms with Gasteiger partial charge in [-0.1, -0.05) is 62.4 Å². The van der Waals surface area contributed by atoms with Crippen LogP contribution in [0.2, 0.25) is 0 Å². The molecule has 1 aromatic heterocycles. The van der Waals surface area contributed by atoms with Crippen molar-refractivity contribution in [2.24, 2.45) is 5.92 Å². The van der Waals surface area contributed by atoms with Crippen LogP contribution in [0.1, 0.15) is 54.6 Å². The van der Waals surface area contributed by atoms with E-state index in [1.54, 1.807) is 0 Å². The monoisotopic (exact) mass is 435 g/mol. The molecule has 2 atom stereocenters. The van der Waals surface area contributed by atoms with Crippen molar-refractivity contribution in [1.82, 2.24) is 20.6 Å². The molecule has 168 valence electrons. The van der Waals surface area contributed by atoms with Crippen LogP contribution in [-0.4, -0.2) is 40.5 Å². The third kappa shape index (κ3) is 7.43. The first-order chi connectivity index (χ1) is 15.7. The molecule has 2 amide bonds. The third-order valence-electron chi connectivity index (χ3n) is 5.58. The molecule has 32 heavy (non-hydrogen) atoms. The predicted octanol–water partition coefficient (Wildman–Crippen LogP) is 2.77. The van der Waals surface area contributed by atoms with E-state index in [9.17, 15) is 14.9 Å². The van der Waals surface area contributed by atoms with Crippen LogP contribution in [0.5, 0.6) is 0 Å². The molecule has 0 spiro atoms. The highest BCUT2D eigenvalue weighted by atomic mass is 16.5. The van der Waals surface area contributed by atoms with Gasteiger partial charge in [-0.05, 0) is 17.9 Å². The molecule has 0 bridgehead atoms. The van der Waals surface area contributed by atoms with Gasteiger partial charge in [-0.25, -0.2) is 4.98 Å². The molecule has 1 aromatic carbocycles. The average Bonchev–Trinajstić information content (AvgIpc) is 2.84. The summed E-state index contributed by atoms with van der Waals surface area (Å²) in [5.41, 5.74) is 1.14. The number of ether oxygens (including phenoxy) is 1. The summed E-state index contributed by atoms with van der Waals surface area (Å²) in [5.74, 6) is -0.484. The lowest BCUT2D eigenvalue weighted by molar-refractivity contribution is -0.124. The Balaban J connectivity index is 1.59. The normalized spacial score (nSPS) is 15.8. The van der Waals surface area contributed by atoms with Crippen LogP contribution >= 0.6 is 0 Å². The molecule has 0 radical (unpaired) electrons. The summed E-state index contributed by atoms with van der Waals surface area (Å²) < 4.78 is 5.61. The van der Waals surface area contributed by atoms with E-state index in [1.807, 2.05) is 30.3 Å². The zero-order valence-corrected chi connectivity index (χ0v) is 18.1. The highest BCUT2D eigenvalue weighted by molar-refractivity contribution is 5.95. The Morgan fingerprint density at radius 1 is 1.12 bits per heavy atom. The molecule has 2 N–H and O–H groups in total. The SMILES string of the molecule is N#C[C@H](COCc1ccccc1)NC(=O)[C@H](CC1CCCCC1)NC(=O)c1cnccn1. The molecular formula is C24H29N5O3. The van der Waals surface area contributed by atoms with E-state index in [0.717, 1.165) is 31.2 Å². The number of carbonyl (C=O) groups is 2. The molecule has 2 aromatic rings. The lowest BCUT2D eigenvalue weighted by atomic mass is 9.84. The van der Waals surface area contributed by atoms with Gasteiger partial charge in [0.25, 0.3) is 5.91 Å². The Labute approximate surface area is 188 Å². The second-order valence-corrected chi connectivity index (χ2v) is 8.05. The zero-order valence-electron chi connectivity index (χ0n) is 18.1. The fourth-order valence-corrected chi connectivity index (χ4v) is 3.89. The summed E-state index contributed by atoms with van der Waals surface area (Å²) in [4.78, 5) is 33.5. The van der Waals surface area contributed by atoms with Gasteiger partial charge < -0.3 is 15.4 Å². The maximum Gasteiger partial charge on any atom is 0.272 e. The number of carbonyl (C=O) groups excluding carboxylic acids is 2. The van der Waals surface area contributed by atoms with Crippen LogP contribution in [0.3, 0.4) is 0 Å². The van der Waals surface area contributed by atoms with E-state index in [-0.39, 0.29) is 18.2 Å². The van der Waals surface area contributed by atoms with Crippen molar-refractivity contribution >= 4 is 11.8 Å². The summed E-state index contributed by atoms with van der Waals surface area (Å²) in [6.45, 7) is 0.412. The van der Waals surface area contributed by atoms with Crippen molar-refractivity contribution in [3.8, 4) is 6.07 Å². The molecule has 8 nitrogen and oxygen atoms in total. The zero-order chi connectivity index (χ0) is 22.6. The maximum absolute atomic E-state index is 13.0. The van der Waals surface area contributed by atoms with E-state index in [4.69, 9.17) is 4.74 Å². The van der Waals surface area contributed by atoms with Crippen molar-refractivity contribution < 1.29 is 14.3 Å². The largest absolute Gasteiger partial charge is 0.374 e. The van der Waals surface area contributed by atoms with Crippen LogP contribution in [-0.2, 0) is 16.1 Å². The molecule has 0 unspecified atom stereocenters. The summed E-state index contributed by atoms with van der Waals surface area (Å²) in [6, 6.07) is 10.1. The molecule has 1 saturated carbocycles. The van der Waals surface area contributed by atoms with Gasteiger partial charge in [-0.15, -0.1) is 0 Å². The van der Waals surface area contributed by atoms with Crippen molar-refractivity contribution in [1.29, 1.82) is 5.26 Å². The second kappa shape index (κ2) is 12.5. The molecular weight excluding hydrogens is 406 g/mol. The van der Waals surface area contributed by atoms with Crippen molar-refractivity contribution in [2.45, 2.75) is 57.2 Å². The second-order valence-electron chi connectivity index (χ2n) is 8.05. The number of aromatic nitrogens is 2. The lowest BCUT2D eigenvalue weighted by Crippen LogP contribution is -2.51. The lowest BCUT2D eigenvalue weighted by Gasteiger charge is -2.27. The standard InChI is InChI=1S/C24H29N5O3/c25-14-20(17-32-16-19-9-5-2-6-10-19)28-23(30)21(13-18-7-3-1-4-8-18)29-24(31)22-15-26-11-12-27-22/h2,5-6,9-12,15,18,20-21H,1,3-4,7-8,13,16-17H2,(H,28,30)(H,29,31)/t20-,21+/m1/s1. The molecule has 0 aliphatic heterocycles. The van der Waals surface area contributed by atoms with Gasteiger partial charge in [0.15, 0.2) is 0 Å². The first kappa shape index (κ1) is 23.4. The third-order valence-corrected chi connectivity index (χ3v) is 5.58. The van der Waals surface area contributed by atoms with Gasteiger partial charge in [-0.3, -0.25) is 14.6 Å². The van der Waals surface area contributed by atoms with E-state index in [1.165, 1.54) is 25.0 Å². The van der Waals surface area contributed by atoms with E-state index < -0.39 is 18.0 Å². The number of hydrogen-bond acceptors (Lipinski definition) is 6. The van der Waals surface area contributed by atoms with Gasteiger partial charge in [0.05, 0.1) is 25.5 Å². The minimum Gasteiger partial charge on any atom is -0.374 e. The van der Waals surface area contributed by atoms with Crippen molar-refractivity contribution in [3.63, 3.8) is 0 Å². The van der Waals surface area contributed by atoms with E-state index in [2.05, 4.69) is 26.7 Å². The number of nitriles is 1. The fourth-order valence-electron chi connectivity index (χ4n) is 3.89. The molecule has 0 saturated heterocycles. The number of hydrogen-bond donors (Lipinski definition) is 2. The number of nitrogens with one attached hydrogen (secondary N) is 2. The highest BCUT2D eigenvalue weighted by Gasteiger charge is 2.28. The van der Waals surface area contributed by atoms with Gasteiger partial charge >= 0.3 is 0 Å². The number of amides is 2. The first-order valence-corrected chi connectivity index (χ1v) is 11.0. The molecule has 1 fully saturated rings. The summed E-state index contributed by atoms with van der Waals surface area (Å²) >= 11 is 0. The molecule has 8 heteroatoms. The van der Waals surface area contributed by atoms with Crippen molar-refractivity contribution in [3.05, 3.63) is 60.2 Å². The smallest absolute Gasteiger partial charge is 0.272 e. The Bertz CT molecular complexity index is 895. The minimum atomic E-state index is -0.812. The highest BCUT2D eigenvalue weighted by Crippen LogP contribution is 2.27. The summed E-state index contributed by atoms with van der Waals surface area (Å²) in [5, 5.41) is 15.0. The Morgan fingerprint density at radius 3 is 2.59 bits per heavy atom. The predicted molar refractivity (Wildman–Crippen MR) is 118 cm³/mol. The van der Waals surface area contributed by atoms with Gasteiger partial charge in [0.1, 0.15) is 17.8 Å². The Morgan fingerprint density at radius 2 is 1.91 bits per heavy atom. The van der Waals surface area contributed by atoms with Crippen LogP contribution in [0.4, 0.5) is 0 Å². The minimum absolute atomic E-state index is 0.0609. The van der Waals surface area contributed by atoms with Gasteiger partial charge in [0, 0.05) is 12.4 Å². The van der Waals surface area contributed by atoms with E-state index in [0.29, 0.717) is 18.9 Å². The number of rotatable bonds is 10. The Hall–Kier alpha value is -3.31. The van der Waals surface area contributed by atoms with Gasteiger partial charge in [-0.2, -0.15) is 5.26 Å². The quantitative estimate of drug-likeness (QED) is 0.593. The molecule has 3 rings (SSSR count). The number of nitrogens with zero attached hydrogens (tertiary/aromatic N) is 3. The maximum atomic E-state index is 13.0. The fraction of sp³-hybridized carbons (Fsp3) is 0.458. The van der Waals surface area contributed by atoms with Crippen LogP contribution < -0.4 is 10.6 Å². The van der Waals surface area contributed by atoms with Crippen LogP contribution in [0.15, 0.2) is 48.9 Å². The molecule has 1 heterocycles. The van der Waals surface area contributed by atoms with E-state index >= 15 is 0 Å². The number of benzene rings is 1.